The van der Waals surface area contributed by atoms with Gasteiger partial charge in [-0.2, -0.15) is 0 Å². The van der Waals surface area contributed by atoms with E-state index in [4.69, 9.17) is 9.88 Å². The van der Waals surface area contributed by atoms with Gasteiger partial charge in [-0.15, -0.1) is 0 Å². The van der Waals surface area contributed by atoms with Gasteiger partial charge in [-0.05, 0) is 35.7 Å². The van der Waals surface area contributed by atoms with Crippen LogP contribution in [0.2, 0.25) is 0 Å². The van der Waals surface area contributed by atoms with E-state index in [0.29, 0.717) is 19.6 Å². The van der Waals surface area contributed by atoms with E-state index in [1.165, 1.54) is 12.1 Å². The Morgan fingerprint density at radius 2 is 1.78 bits per heavy atom. The van der Waals surface area contributed by atoms with Gasteiger partial charge in [0.1, 0.15) is 0 Å². The number of carbonyl (C=O) groups excluding carboxylic acids is 2. The van der Waals surface area contributed by atoms with Gasteiger partial charge in [0.2, 0.25) is 10.0 Å². The van der Waals surface area contributed by atoms with Crippen LogP contribution in [0, 0.1) is 0 Å². The zero-order chi connectivity index (χ0) is 23.0. The van der Waals surface area contributed by atoms with E-state index in [2.05, 4.69) is 20.5 Å². The van der Waals surface area contributed by atoms with Crippen LogP contribution in [-0.4, -0.2) is 69.5 Å². The van der Waals surface area contributed by atoms with Crippen molar-refractivity contribution in [1.82, 2.24) is 20.5 Å². The average molecular weight is 462 g/mol. The maximum absolute atomic E-state index is 12.3. The smallest absolute Gasteiger partial charge is 0.309 e. The number of ether oxygens (including phenoxy) is 1. The summed E-state index contributed by atoms with van der Waals surface area (Å²) in [5.74, 6) is -1.44. The molecule has 1 aromatic heterocycles. The number of aromatic nitrogens is 1. The number of amides is 2. The summed E-state index contributed by atoms with van der Waals surface area (Å²) in [4.78, 5) is 30.9. The third-order valence-corrected chi connectivity index (χ3v) is 6.10. The first-order valence-electron chi connectivity index (χ1n) is 10.2. The molecule has 0 bridgehead atoms. The SMILES string of the molecule is NS(=O)(=O)c1ccc(CCNC(=O)C(=O)NC[C@@H](c2cccnc2)N2CCOCC2)cc1. The fourth-order valence-electron chi connectivity index (χ4n) is 3.44. The second kappa shape index (κ2) is 11.1. The molecule has 32 heavy (non-hydrogen) atoms. The Morgan fingerprint density at radius 3 is 2.41 bits per heavy atom. The molecular weight excluding hydrogens is 434 g/mol. The predicted octanol–water partition coefficient (Wildman–Crippen LogP) is -0.423. The summed E-state index contributed by atoms with van der Waals surface area (Å²) in [6, 6.07) is 9.72. The zero-order valence-electron chi connectivity index (χ0n) is 17.6. The normalized spacial score (nSPS) is 15.7. The molecule has 1 aromatic carbocycles. The average Bonchev–Trinajstić information content (AvgIpc) is 2.80. The Kier molecular flexibility index (Phi) is 8.28. The first-order valence-corrected chi connectivity index (χ1v) is 11.8. The molecule has 2 aromatic rings. The standard InChI is InChI=1S/C21H27N5O5S/c22-32(29,30)18-5-3-16(4-6-18)7-9-24-20(27)21(28)25-15-19(17-2-1-8-23-14-17)26-10-12-31-13-11-26/h1-6,8,14,19H,7,9-13,15H2,(H,24,27)(H,25,28)(H2,22,29,30)/t19-/m0/s1. The quantitative estimate of drug-likeness (QED) is 0.453. The Balaban J connectivity index is 1.49. The highest BCUT2D eigenvalue weighted by Gasteiger charge is 2.24. The number of pyridine rings is 1. The lowest BCUT2D eigenvalue weighted by Gasteiger charge is -2.34. The Labute approximate surface area is 187 Å². The first kappa shape index (κ1) is 23.8. The van der Waals surface area contributed by atoms with Crippen molar-refractivity contribution in [3.8, 4) is 0 Å². The van der Waals surface area contributed by atoms with Gasteiger partial charge >= 0.3 is 11.8 Å². The van der Waals surface area contributed by atoms with Crippen molar-refractivity contribution < 1.29 is 22.7 Å². The molecule has 10 nitrogen and oxygen atoms in total. The highest BCUT2D eigenvalue weighted by Crippen LogP contribution is 2.20. The number of sulfonamides is 1. The Hall–Kier alpha value is -2.86. The number of primary sulfonamides is 1. The van der Waals surface area contributed by atoms with Crippen LogP contribution < -0.4 is 15.8 Å². The molecule has 0 spiro atoms. The van der Waals surface area contributed by atoms with Crippen molar-refractivity contribution in [2.24, 2.45) is 5.14 Å². The zero-order valence-corrected chi connectivity index (χ0v) is 18.4. The molecule has 0 radical (unpaired) electrons. The van der Waals surface area contributed by atoms with Gasteiger partial charge in [-0.3, -0.25) is 19.5 Å². The van der Waals surface area contributed by atoms with Crippen molar-refractivity contribution in [1.29, 1.82) is 0 Å². The number of morpholine rings is 1. The summed E-state index contributed by atoms with van der Waals surface area (Å²) in [6.45, 7) is 3.19. The van der Waals surface area contributed by atoms with Crippen LogP contribution in [-0.2, 0) is 30.8 Å². The third kappa shape index (κ3) is 6.82. The van der Waals surface area contributed by atoms with E-state index >= 15 is 0 Å². The second-order valence-corrected chi connectivity index (χ2v) is 8.92. The number of nitrogens with zero attached hydrogens (tertiary/aromatic N) is 2. The van der Waals surface area contributed by atoms with Crippen LogP contribution in [0.1, 0.15) is 17.2 Å². The van der Waals surface area contributed by atoms with Crippen LogP contribution in [0.5, 0.6) is 0 Å². The molecule has 172 valence electrons. The van der Waals surface area contributed by atoms with E-state index in [1.807, 2.05) is 12.1 Å². The van der Waals surface area contributed by atoms with Crippen molar-refractivity contribution in [3.05, 3.63) is 59.9 Å². The first-order chi connectivity index (χ1) is 15.3. The maximum atomic E-state index is 12.3. The lowest BCUT2D eigenvalue weighted by atomic mass is 10.1. The molecule has 0 aliphatic carbocycles. The van der Waals surface area contributed by atoms with E-state index in [1.54, 1.807) is 24.5 Å². The van der Waals surface area contributed by atoms with E-state index < -0.39 is 21.8 Å². The molecule has 2 heterocycles. The minimum atomic E-state index is -3.74. The van der Waals surface area contributed by atoms with Crippen LogP contribution in [0.25, 0.3) is 0 Å². The molecule has 11 heteroatoms. The van der Waals surface area contributed by atoms with Gasteiger partial charge in [0, 0.05) is 38.6 Å². The Morgan fingerprint density at radius 1 is 1.09 bits per heavy atom. The van der Waals surface area contributed by atoms with Gasteiger partial charge in [0.05, 0.1) is 24.2 Å². The largest absolute Gasteiger partial charge is 0.379 e. The lowest BCUT2D eigenvalue weighted by molar-refractivity contribution is -0.139. The van der Waals surface area contributed by atoms with E-state index in [0.717, 1.165) is 24.2 Å². The molecule has 2 amide bonds. The molecule has 1 aliphatic heterocycles. The summed E-state index contributed by atoms with van der Waals surface area (Å²) in [7, 11) is -3.74. The molecule has 1 atom stereocenters. The molecule has 1 fully saturated rings. The van der Waals surface area contributed by atoms with Crippen molar-refractivity contribution in [3.63, 3.8) is 0 Å². The van der Waals surface area contributed by atoms with E-state index in [-0.39, 0.29) is 24.0 Å². The molecule has 0 saturated carbocycles. The molecule has 0 unspecified atom stereocenters. The number of hydrogen-bond acceptors (Lipinski definition) is 7. The number of hydrogen-bond donors (Lipinski definition) is 3. The minimum absolute atomic E-state index is 0.0214. The minimum Gasteiger partial charge on any atom is -0.379 e. The number of benzene rings is 1. The van der Waals surface area contributed by atoms with Crippen LogP contribution in [0.3, 0.4) is 0 Å². The third-order valence-electron chi connectivity index (χ3n) is 5.17. The predicted molar refractivity (Wildman–Crippen MR) is 117 cm³/mol. The second-order valence-electron chi connectivity index (χ2n) is 7.36. The van der Waals surface area contributed by atoms with Gasteiger partial charge < -0.3 is 15.4 Å². The summed E-state index contributed by atoms with van der Waals surface area (Å²) in [5, 5.41) is 10.4. The van der Waals surface area contributed by atoms with Crippen molar-refractivity contribution in [2.45, 2.75) is 17.4 Å². The Bertz CT molecular complexity index is 1010. The van der Waals surface area contributed by atoms with Crippen LogP contribution >= 0.6 is 0 Å². The fourth-order valence-corrected chi connectivity index (χ4v) is 3.95. The van der Waals surface area contributed by atoms with Gasteiger partial charge in [-0.25, -0.2) is 13.6 Å². The summed E-state index contributed by atoms with van der Waals surface area (Å²) >= 11 is 0. The fraction of sp³-hybridized carbons (Fsp3) is 0.381. The number of nitrogens with two attached hydrogens (primary N) is 1. The van der Waals surface area contributed by atoms with Crippen LogP contribution in [0.4, 0.5) is 0 Å². The molecule has 1 aliphatic rings. The number of rotatable bonds is 8. The molecule has 1 saturated heterocycles. The van der Waals surface area contributed by atoms with Crippen molar-refractivity contribution in [2.75, 3.05) is 39.4 Å². The molecular formula is C21H27N5O5S. The highest BCUT2D eigenvalue weighted by molar-refractivity contribution is 7.89. The van der Waals surface area contributed by atoms with E-state index in [9.17, 15) is 18.0 Å². The summed E-state index contributed by atoms with van der Waals surface area (Å²) in [5.41, 5.74) is 1.76. The van der Waals surface area contributed by atoms with Gasteiger partial charge in [-0.1, -0.05) is 18.2 Å². The number of nitrogens with one attached hydrogen (secondary N) is 2. The van der Waals surface area contributed by atoms with Crippen molar-refractivity contribution >= 4 is 21.8 Å². The van der Waals surface area contributed by atoms with Gasteiger partial charge in [0.25, 0.3) is 0 Å². The van der Waals surface area contributed by atoms with Crippen LogP contribution in [0.15, 0.2) is 53.7 Å². The highest BCUT2D eigenvalue weighted by atomic mass is 32.2. The maximum Gasteiger partial charge on any atom is 0.309 e. The summed E-state index contributed by atoms with van der Waals surface area (Å²) < 4.78 is 28.0. The lowest BCUT2D eigenvalue weighted by Crippen LogP contribution is -2.47. The topological polar surface area (TPSA) is 144 Å². The molecule has 3 rings (SSSR count). The van der Waals surface area contributed by atoms with Gasteiger partial charge in [0.15, 0.2) is 0 Å². The monoisotopic (exact) mass is 461 g/mol. The number of carbonyl (C=O) groups is 2. The summed E-state index contributed by atoms with van der Waals surface area (Å²) in [6.07, 6.45) is 3.89. The molecule has 4 N–H and O–H groups in total.